The number of para-hydroxylation sites is 3. The summed E-state index contributed by atoms with van der Waals surface area (Å²) in [6.45, 7) is 0. The van der Waals surface area contributed by atoms with Crippen LogP contribution in [-0.4, -0.2) is 19.1 Å². The molecule has 10 aromatic rings. The molecule has 3 aromatic heterocycles. The zero-order valence-electron chi connectivity index (χ0n) is 28.0. The van der Waals surface area contributed by atoms with Crippen LogP contribution in [0, 0.1) is 11.3 Å². The summed E-state index contributed by atoms with van der Waals surface area (Å²) in [5.41, 5.74) is 11.8. The highest BCUT2D eigenvalue weighted by atomic mass is 15.2. The summed E-state index contributed by atoms with van der Waals surface area (Å²) in [4.78, 5) is 10.4. The average Bonchev–Trinajstić information content (AvgIpc) is 3.73. The lowest BCUT2D eigenvalue weighted by molar-refractivity contribution is 0.995. The molecule has 52 heavy (non-hydrogen) atoms. The maximum atomic E-state index is 9.68. The molecule has 7 aromatic carbocycles. The van der Waals surface area contributed by atoms with Crippen LogP contribution in [0.3, 0.4) is 0 Å². The molecule has 3 heterocycles. The fraction of sp³-hybridized carbons (Fsp3) is 0. The molecule has 0 saturated heterocycles. The molecule has 0 atom stereocenters. The Balaban J connectivity index is 1.20. The van der Waals surface area contributed by atoms with Crippen molar-refractivity contribution in [3.8, 4) is 51.3 Å². The number of aromatic nitrogens is 4. The molecular weight excluding hydrogens is 635 g/mol. The Morgan fingerprint density at radius 3 is 1.73 bits per heavy atom. The molecule has 0 aliphatic carbocycles. The van der Waals surface area contributed by atoms with E-state index in [1.807, 2.05) is 48.5 Å². The van der Waals surface area contributed by atoms with E-state index in [1.165, 1.54) is 21.8 Å². The highest BCUT2D eigenvalue weighted by molar-refractivity contribution is 6.12. The lowest BCUT2D eigenvalue weighted by Crippen LogP contribution is -2.04. The van der Waals surface area contributed by atoms with Crippen molar-refractivity contribution < 1.29 is 0 Å². The van der Waals surface area contributed by atoms with E-state index < -0.39 is 0 Å². The summed E-state index contributed by atoms with van der Waals surface area (Å²) in [5.74, 6) is 0.573. The summed E-state index contributed by atoms with van der Waals surface area (Å²) in [6, 6.07) is 63.2. The Hall–Kier alpha value is -7.29. The van der Waals surface area contributed by atoms with E-state index in [0.29, 0.717) is 11.5 Å². The Morgan fingerprint density at radius 1 is 0.385 bits per heavy atom. The van der Waals surface area contributed by atoms with E-state index in [-0.39, 0.29) is 0 Å². The molecule has 0 fully saturated rings. The van der Waals surface area contributed by atoms with Crippen molar-refractivity contribution in [2.24, 2.45) is 0 Å². The standard InChI is InChI=1S/C47H29N5/c48-30-31-12-11-15-35(26-31)42-29-41(32-13-3-1-4-14-32)49-47(50-42)52-44-21-10-7-18-37(44)39-24-22-34(28-46(39)52)33-23-25-45-40(27-33)38-19-8-9-20-43(38)51(45)36-16-5-2-6-17-36/h1-29H. The van der Waals surface area contributed by atoms with Gasteiger partial charge in [0.1, 0.15) is 0 Å². The third-order valence-corrected chi connectivity index (χ3v) is 9.97. The Kier molecular flexibility index (Phi) is 6.80. The van der Waals surface area contributed by atoms with Crippen molar-refractivity contribution in [1.29, 1.82) is 5.26 Å². The molecule has 0 unspecified atom stereocenters. The molecule has 242 valence electrons. The lowest BCUT2D eigenvalue weighted by atomic mass is 10.0. The molecule has 0 spiro atoms. The molecule has 0 radical (unpaired) electrons. The molecule has 0 bridgehead atoms. The van der Waals surface area contributed by atoms with Gasteiger partial charge in [-0.2, -0.15) is 5.26 Å². The van der Waals surface area contributed by atoms with Gasteiger partial charge >= 0.3 is 0 Å². The Morgan fingerprint density at radius 2 is 0.962 bits per heavy atom. The molecule has 0 amide bonds. The van der Waals surface area contributed by atoms with E-state index >= 15 is 0 Å². The molecule has 5 nitrogen and oxygen atoms in total. The maximum Gasteiger partial charge on any atom is 0.235 e. The lowest BCUT2D eigenvalue weighted by Gasteiger charge is -2.12. The van der Waals surface area contributed by atoms with Gasteiger partial charge in [-0.1, -0.05) is 115 Å². The predicted octanol–water partition coefficient (Wildman–Crippen LogP) is 11.5. The summed E-state index contributed by atoms with van der Waals surface area (Å²) < 4.78 is 4.52. The third-order valence-electron chi connectivity index (χ3n) is 9.97. The minimum atomic E-state index is 0.573. The minimum Gasteiger partial charge on any atom is -0.309 e. The van der Waals surface area contributed by atoms with Crippen molar-refractivity contribution in [3.05, 3.63) is 181 Å². The summed E-state index contributed by atoms with van der Waals surface area (Å²) in [6.07, 6.45) is 0. The van der Waals surface area contributed by atoms with Crippen LogP contribution in [0.2, 0.25) is 0 Å². The first-order chi connectivity index (χ1) is 25.7. The van der Waals surface area contributed by atoms with Gasteiger partial charge in [-0.3, -0.25) is 4.57 Å². The van der Waals surface area contributed by atoms with Crippen LogP contribution in [0.5, 0.6) is 0 Å². The van der Waals surface area contributed by atoms with Crippen molar-refractivity contribution in [3.63, 3.8) is 0 Å². The largest absolute Gasteiger partial charge is 0.309 e. The first-order valence-electron chi connectivity index (χ1n) is 17.3. The van der Waals surface area contributed by atoms with Gasteiger partial charge in [0.15, 0.2) is 0 Å². The van der Waals surface area contributed by atoms with Crippen LogP contribution in [0.4, 0.5) is 0 Å². The molecule has 0 aliphatic heterocycles. The van der Waals surface area contributed by atoms with E-state index in [0.717, 1.165) is 61.1 Å². The number of rotatable bonds is 5. The van der Waals surface area contributed by atoms with Crippen molar-refractivity contribution in [2.45, 2.75) is 0 Å². The Bertz CT molecular complexity index is 3020. The van der Waals surface area contributed by atoms with Gasteiger partial charge < -0.3 is 4.57 Å². The number of benzene rings is 7. The first-order valence-corrected chi connectivity index (χ1v) is 17.3. The normalized spacial score (nSPS) is 11.4. The number of hydrogen-bond acceptors (Lipinski definition) is 3. The molecule has 10 rings (SSSR count). The minimum absolute atomic E-state index is 0.573. The number of nitriles is 1. The number of fused-ring (bicyclic) bond motifs is 6. The van der Waals surface area contributed by atoms with Gasteiger partial charge in [0.25, 0.3) is 0 Å². The fourth-order valence-electron chi connectivity index (χ4n) is 7.56. The van der Waals surface area contributed by atoms with Gasteiger partial charge in [0, 0.05) is 38.4 Å². The topological polar surface area (TPSA) is 59.4 Å². The fourth-order valence-corrected chi connectivity index (χ4v) is 7.56. The molecule has 0 saturated carbocycles. The summed E-state index contributed by atoms with van der Waals surface area (Å²) in [7, 11) is 0. The summed E-state index contributed by atoms with van der Waals surface area (Å²) >= 11 is 0. The van der Waals surface area contributed by atoms with Gasteiger partial charge in [0.2, 0.25) is 5.95 Å². The van der Waals surface area contributed by atoms with Gasteiger partial charge in [-0.05, 0) is 71.8 Å². The van der Waals surface area contributed by atoms with Crippen LogP contribution in [-0.2, 0) is 0 Å². The van der Waals surface area contributed by atoms with Gasteiger partial charge in [-0.15, -0.1) is 0 Å². The zero-order valence-corrected chi connectivity index (χ0v) is 28.0. The monoisotopic (exact) mass is 663 g/mol. The molecule has 0 N–H and O–H groups in total. The number of nitrogens with zero attached hydrogens (tertiary/aromatic N) is 5. The van der Waals surface area contributed by atoms with E-state index in [9.17, 15) is 5.26 Å². The average molecular weight is 664 g/mol. The second kappa shape index (κ2) is 11.9. The predicted molar refractivity (Wildman–Crippen MR) is 212 cm³/mol. The van der Waals surface area contributed by atoms with Crippen LogP contribution >= 0.6 is 0 Å². The zero-order chi connectivity index (χ0) is 34.6. The first kappa shape index (κ1) is 29.6. The van der Waals surface area contributed by atoms with Crippen molar-refractivity contribution >= 4 is 43.6 Å². The van der Waals surface area contributed by atoms with Crippen LogP contribution in [0.1, 0.15) is 5.56 Å². The molecule has 0 aliphatic rings. The quantitative estimate of drug-likeness (QED) is 0.184. The molecule has 5 heteroatoms. The van der Waals surface area contributed by atoms with Crippen molar-refractivity contribution in [2.75, 3.05) is 0 Å². The van der Waals surface area contributed by atoms with E-state index in [1.54, 1.807) is 0 Å². The van der Waals surface area contributed by atoms with E-state index in [2.05, 4.69) is 143 Å². The SMILES string of the molecule is N#Cc1cccc(-c2cc(-c3ccccc3)nc(-n3c4ccccc4c4ccc(-c5ccc6c(c5)c5ccccc5n6-c5ccccc5)cc43)n2)c1. The summed E-state index contributed by atoms with van der Waals surface area (Å²) in [5, 5.41) is 14.4. The smallest absolute Gasteiger partial charge is 0.235 e. The van der Waals surface area contributed by atoms with Gasteiger partial charge in [-0.25, -0.2) is 9.97 Å². The van der Waals surface area contributed by atoms with Crippen molar-refractivity contribution in [1.82, 2.24) is 19.1 Å². The number of hydrogen-bond donors (Lipinski definition) is 0. The van der Waals surface area contributed by atoms with Crippen LogP contribution in [0.25, 0.3) is 88.9 Å². The van der Waals surface area contributed by atoms with Crippen LogP contribution in [0.15, 0.2) is 176 Å². The second-order valence-electron chi connectivity index (χ2n) is 13.0. The maximum absolute atomic E-state index is 9.68. The third kappa shape index (κ3) is 4.78. The van der Waals surface area contributed by atoms with E-state index in [4.69, 9.17) is 9.97 Å². The van der Waals surface area contributed by atoms with Crippen LogP contribution < -0.4 is 0 Å². The molecular formula is C47H29N5. The highest BCUT2D eigenvalue weighted by Gasteiger charge is 2.19. The highest BCUT2D eigenvalue weighted by Crippen LogP contribution is 2.38. The Labute approximate surface area is 299 Å². The van der Waals surface area contributed by atoms with Gasteiger partial charge in [0.05, 0.1) is 45.1 Å². The second-order valence-corrected chi connectivity index (χ2v) is 13.0.